The van der Waals surface area contributed by atoms with Crippen molar-refractivity contribution in [2.75, 3.05) is 7.11 Å². The maximum atomic E-state index is 12.4. The van der Waals surface area contributed by atoms with E-state index in [9.17, 15) is 14.7 Å². The molecule has 26 heavy (non-hydrogen) atoms. The summed E-state index contributed by atoms with van der Waals surface area (Å²) >= 11 is 0. The van der Waals surface area contributed by atoms with Crippen LogP contribution < -0.4 is 5.32 Å². The maximum Gasteiger partial charge on any atom is 0.328 e. The first kappa shape index (κ1) is 17.3. The van der Waals surface area contributed by atoms with Crippen molar-refractivity contribution in [1.29, 1.82) is 0 Å². The molecule has 7 heteroatoms. The number of aromatic hydroxyl groups is 1. The lowest BCUT2D eigenvalue weighted by Gasteiger charge is -2.16. The minimum Gasteiger partial charge on any atom is -0.508 e. The van der Waals surface area contributed by atoms with Crippen LogP contribution in [0.3, 0.4) is 0 Å². The van der Waals surface area contributed by atoms with Gasteiger partial charge in [0.1, 0.15) is 11.8 Å². The number of hydrogen-bond acceptors (Lipinski definition) is 6. The number of hydrogen-bond donors (Lipinski definition) is 2. The van der Waals surface area contributed by atoms with E-state index in [-0.39, 0.29) is 17.7 Å². The van der Waals surface area contributed by atoms with E-state index in [1.807, 2.05) is 24.3 Å². The fourth-order valence-electron chi connectivity index (χ4n) is 2.53. The number of phenols is 1. The minimum atomic E-state index is -0.926. The number of methoxy groups -OCH3 is 1. The van der Waals surface area contributed by atoms with Crippen molar-refractivity contribution in [2.45, 2.75) is 12.5 Å². The first-order valence-electron chi connectivity index (χ1n) is 7.95. The van der Waals surface area contributed by atoms with E-state index in [0.29, 0.717) is 11.2 Å². The summed E-state index contributed by atoms with van der Waals surface area (Å²) in [6.07, 6.45) is 1.70. The van der Waals surface area contributed by atoms with E-state index in [0.717, 1.165) is 5.52 Å². The zero-order valence-electron chi connectivity index (χ0n) is 14.0. The van der Waals surface area contributed by atoms with Gasteiger partial charge in [-0.1, -0.05) is 18.2 Å². The molecule has 1 heterocycles. The highest BCUT2D eigenvalue weighted by Crippen LogP contribution is 2.13. The van der Waals surface area contributed by atoms with E-state index in [1.165, 1.54) is 19.2 Å². The lowest BCUT2D eigenvalue weighted by molar-refractivity contribution is -0.142. The molecule has 0 bridgehead atoms. The second kappa shape index (κ2) is 7.60. The topological polar surface area (TPSA) is 101 Å². The number of aromatic nitrogens is 2. The first-order chi connectivity index (χ1) is 12.6. The molecule has 2 aromatic carbocycles. The van der Waals surface area contributed by atoms with Gasteiger partial charge in [-0.15, -0.1) is 0 Å². The molecule has 2 N–H and O–H groups in total. The van der Waals surface area contributed by atoms with E-state index < -0.39 is 17.9 Å². The summed E-state index contributed by atoms with van der Waals surface area (Å²) in [5, 5.41) is 12.1. The molecular weight excluding hydrogens is 334 g/mol. The van der Waals surface area contributed by atoms with Gasteiger partial charge in [0.05, 0.1) is 23.8 Å². The highest BCUT2D eigenvalue weighted by molar-refractivity contribution is 5.97. The van der Waals surface area contributed by atoms with Crippen LogP contribution in [0.2, 0.25) is 0 Å². The minimum absolute atomic E-state index is 0.0346. The van der Waals surface area contributed by atoms with Crippen molar-refractivity contribution in [2.24, 2.45) is 0 Å². The van der Waals surface area contributed by atoms with Crippen LogP contribution in [0.5, 0.6) is 5.75 Å². The third-order valence-electron chi connectivity index (χ3n) is 3.81. The highest BCUT2D eigenvalue weighted by atomic mass is 16.5. The molecule has 3 aromatic rings. The predicted molar refractivity (Wildman–Crippen MR) is 94.6 cm³/mol. The highest BCUT2D eigenvalue weighted by Gasteiger charge is 2.23. The Bertz CT molecular complexity index is 958. The molecule has 1 aromatic heterocycles. The number of benzene rings is 2. The molecule has 1 atom stereocenters. The zero-order valence-corrected chi connectivity index (χ0v) is 14.0. The van der Waals surface area contributed by atoms with Crippen LogP contribution in [0.25, 0.3) is 11.0 Å². The van der Waals surface area contributed by atoms with E-state index >= 15 is 0 Å². The van der Waals surface area contributed by atoms with Crippen LogP contribution in [0.15, 0.2) is 54.7 Å². The average Bonchev–Trinajstić information content (AvgIpc) is 2.66. The molecule has 0 radical (unpaired) electrons. The number of amides is 1. The second-order valence-corrected chi connectivity index (χ2v) is 5.65. The van der Waals surface area contributed by atoms with E-state index in [4.69, 9.17) is 4.74 Å². The van der Waals surface area contributed by atoms with E-state index in [2.05, 4.69) is 15.3 Å². The third-order valence-corrected chi connectivity index (χ3v) is 3.81. The number of carbonyl (C=O) groups is 2. The van der Waals surface area contributed by atoms with Gasteiger partial charge in [-0.2, -0.15) is 0 Å². The van der Waals surface area contributed by atoms with Crippen LogP contribution in [0, 0.1) is 0 Å². The number of nitrogens with zero attached hydrogens (tertiary/aromatic N) is 2. The number of esters is 1. The third kappa shape index (κ3) is 3.94. The second-order valence-electron chi connectivity index (χ2n) is 5.65. The number of nitrogens with one attached hydrogen (secondary N) is 1. The zero-order chi connectivity index (χ0) is 18.5. The predicted octanol–water partition coefficient (Wildman–Crippen LogP) is 1.85. The molecule has 3 rings (SSSR count). The molecule has 0 saturated heterocycles. The Hall–Kier alpha value is -3.48. The van der Waals surface area contributed by atoms with Gasteiger partial charge in [0.25, 0.3) is 5.91 Å². The lowest BCUT2D eigenvalue weighted by atomic mass is 10.1. The van der Waals surface area contributed by atoms with Gasteiger partial charge >= 0.3 is 5.97 Å². The fraction of sp³-hybridized carbons (Fsp3) is 0.158. The first-order valence-corrected chi connectivity index (χ1v) is 7.95. The molecule has 7 nitrogen and oxygen atoms in total. The monoisotopic (exact) mass is 351 g/mol. The van der Waals surface area contributed by atoms with Crippen LogP contribution >= 0.6 is 0 Å². The smallest absolute Gasteiger partial charge is 0.328 e. The van der Waals surface area contributed by atoms with Gasteiger partial charge in [-0.05, 0) is 30.3 Å². The molecule has 132 valence electrons. The Morgan fingerprint density at radius 2 is 1.92 bits per heavy atom. The summed E-state index contributed by atoms with van der Waals surface area (Å²) in [4.78, 5) is 33.2. The van der Waals surface area contributed by atoms with Crippen molar-refractivity contribution in [3.8, 4) is 5.75 Å². The lowest BCUT2D eigenvalue weighted by Crippen LogP contribution is -2.43. The molecule has 0 aliphatic carbocycles. The van der Waals surface area contributed by atoms with Crippen LogP contribution in [-0.4, -0.2) is 40.1 Å². The van der Waals surface area contributed by atoms with Crippen molar-refractivity contribution in [3.63, 3.8) is 0 Å². The average molecular weight is 351 g/mol. The quantitative estimate of drug-likeness (QED) is 0.680. The van der Waals surface area contributed by atoms with Gasteiger partial charge < -0.3 is 15.2 Å². The standard InChI is InChI=1S/C19H17N3O4/c1-26-19(25)17(22-18(24)12-5-4-6-14(23)9-12)10-13-11-20-15-7-2-3-8-16(15)21-13/h2-9,11,17,23H,10H2,1H3,(H,22,24)/t17-/m0/s1. The van der Waals surface area contributed by atoms with Crippen LogP contribution in [0.4, 0.5) is 0 Å². The molecule has 1 amide bonds. The van der Waals surface area contributed by atoms with Crippen molar-refractivity contribution < 1.29 is 19.4 Å². The SMILES string of the molecule is COC(=O)[C@H](Cc1cnc2ccccc2n1)NC(=O)c1cccc(O)c1. The summed E-state index contributed by atoms with van der Waals surface area (Å²) in [6, 6.07) is 12.3. The van der Waals surface area contributed by atoms with Crippen LogP contribution in [0.1, 0.15) is 16.1 Å². The Kier molecular flexibility index (Phi) is 5.07. The maximum absolute atomic E-state index is 12.4. The molecule has 0 fully saturated rings. The fourth-order valence-corrected chi connectivity index (χ4v) is 2.53. The molecule has 0 aliphatic heterocycles. The Labute approximate surface area is 149 Å². The Morgan fingerprint density at radius 1 is 1.15 bits per heavy atom. The number of fused-ring (bicyclic) bond motifs is 1. The Morgan fingerprint density at radius 3 is 2.65 bits per heavy atom. The molecule has 0 spiro atoms. The number of rotatable bonds is 5. The summed E-state index contributed by atoms with van der Waals surface area (Å²) in [7, 11) is 1.25. The molecule has 0 unspecified atom stereocenters. The Balaban J connectivity index is 1.81. The molecule has 0 aliphatic rings. The van der Waals surface area contributed by atoms with E-state index in [1.54, 1.807) is 18.3 Å². The summed E-state index contributed by atoms with van der Waals surface area (Å²) in [5.41, 5.74) is 2.24. The summed E-state index contributed by atoms with van der Waals surface area (Å²) < 4.78 is 4.78. The normalized spacial score (nSPS) is 11.7. The molecule has 0 saturated carbocycles. The number of ether oxygens (including phenoxy) is 1. The van der Waals surface area contributed by atoms with Gasteiger partial charge in [-0.3, -0.25) is 9.78 Å². The van der Waals surface area contributed by atoms with Crippen molar-refractivity contribution >= 4 is 22.9 Å². The summed E-state index contributed by atoms with van der Waals surface area (Å²) in [6.45, 7) is 0. The largest absolute Gasteiger partial charge is 0.508 e. The van der Waals surface area contributed by atoms with Gasteiger partial charge in [0, 0.05) is 18.2 Å². The van der Waals surface area contributed by atoms with Crippen LogP contribution in [-0.2, 0) is 16.0 Å². The van der Waals surface area contributed by atoms with Gasteiger partial charge in [0.15, 0.2) is 0 Å². The van der Waals surface area contributed by atoms with Crippen molar-refractivity contribution in [3.05, 3.63) is 66.0 Å². The molecular formula is C19H17N3O4. The van der Waals surface area contributed by atoms with Gasteiger partial charge in [-0.25, -0.2) is 9.78 Å². The van der Waals surface area contributed by atoms with Gasteiger partial charge in [0.2, 0.25) is 0 Å². The summed E-state index contributed by atoms with van der Waals surface area (Å²) in [5.74, 6) is -1.12. The number of carbonyl (C=O) groups excluding carboxylic acids is 2. The number of phenolic OH excluding ortho intramolecular Hbond substituents is 1. The van der Waals surface area contributed by atoms with Crippen molar-refractivity contribution in [1.82, 2.24) is 15.3 Å². The number of para-hydroxylation sites is 2.